The first-order valence-corrected chi connectivity index (χ1v) is 9.17. The smallest absolute Gasteiger partial charge is 0.344 e. The van der Waals surface area contributed by atoms with Crippen LogP contribution in [0.3, 0.4) is 0 Å². The second-order valence-electron chi connectivity index (χ2n) is 6.90. The van der Waals surface area contributed by atoms with Crippen LogP contribution in [0.2, 0.25) is 0 Å². The Balaban J connectivity index is 1.31. The fourth-order valence-electron chi connectivity index (χ4n) is 3.06. The number of rotatable bonds is 6. The van der Waals surface area contributed by atoms with Gasteiger partial charge in [0.1, 0.15) is 29.9 Å². The largest absolute Gasteiger partial charge is 0.490 e. The van der Waals surface area contributed by atoms with E-state index in [1.54, 1.807) is 6.07 Å². The third kappa shape index (κ3) is 4.17. The Kier molecular flexibility index (Phi) is 5.02. The summed E-state index contributed by atoms with van der Waals surface area (Å²) in [6, 6.07) is 15.2. The first-order valence-electron chi connectivity index (χ1n) is 9.17. The van der Waals surface area contributed by atoms with Crippen molar-refractivity contribution in [2.75, 3.05) is 6.61 Å². The molecule has 0 saturated carbocycles. The van der Waals surface area contributed by atoms with Gasteiger partial charge in [-0.3, -0.25) is 0 Å². The lowest BCUT2D eigenvalue weighted by Crippen LogP contribution is -2.14. The lowest BCUT2D eigenvalue weighted by atomic mass is 10.1. The Morgan fingerprint density at radius 3 is 2.82 bits per heavy atom. The fraction of sp³-hybridized carbons (Fsp3) is 0.273. The van der Waals surface area contributed by atoms with Gasteiger partial charge in [-0.25, -0.2) is 4.79 Å². The summed E-state index contributed by atoms with van der Waals surface area (Å²) < 4.78 is 21.7. The number of carbonyl (C=O) groups is 1. The molecule has 0 saturated heterocycles. The Morgan fingerprint density at radius 2 is 2.00 bits per heavy atom. The Labute approximate surface area is 163 Å². The van der Waals surface area contributed by atoms with Crippen molar-refractivity contribution in [3.8, 4) is 22.8 Å². The summed E-state index contributed by atoms with van der Waals surface area (Å²) in [7, 11) is 0. The molecule has 1 aliphatic rings. The molecule has 1 aliphatic heterocycles. The minimum atomic E-state index is -0.464. The molecule has 4 rings (SSSR count). The molecule has 1 unspecified atom stereocenters. The number of esters is 1. The Hall–Kier alpha value is -3.28. The quantitative estimate of drug-likeness (QED) is 0.601. The third-order valence-electron chi connectivity index (χ3n) is 4.50. The number of benzene rings is 2. The van der Waals surface area contributed by atoms with Gasteiger partial charge in [-0.2, -0.15) is 0 Å². The van der Waals surface area contributed by atoms with E-state index < -0.39 is 5.97 Å². The van der Waals surface area contributed by atoms with Crippen LogP contribution in [0, 0.1) is 6.92 Å². The molecule has 1 aromatic heterocycles. The monoisotopic (exact) mass is 379 g/mol. The van der Waals surface area contributed by atoms with Crippen molar-refractivity contribution in [3.05, 3.63) is 65.4 Å². The summed E-state index contributed by atoms with van der Waals surface area (Å²) >= 11 is 0. The van der Waals surface area contributed by atoms with Crippen LogP contribution < -0.4 is 9.47 Å². The van der Waals surface area contributed by atoms with Crippen LogP contribution in [0.4, 0.5) is 0 Å². The van der Waals surface area contributed by atoms with Crippen molar-refractivity contribution < 1.29 is 23.5 Å². The molecule has 0 fully saturated rings. The maximum absolute atomic E-state index is 11.9. The molecule has 2 heterocycles. The van der Waals surface area contributed by atoms with Crippen LogP contribution in [0.15, 0.2) is 53.1 Å². The van der Waals surface area contributed by atoms with E-state index >= 15 is 0 Å². The highest BCUT2D eigenvalue weighted by Gasteiger charge is 2.20. The molecular formula is C22H21NO5. The van der Waals surface area contributed by atoms with E-state index in [1.165, 1.54) is 0 Å². The zero-order valence-electron chi connectivity index (χ0n) is 15.8. The Morgan fingerprint density at radius 1 is 1.18 bits per heavy atom. The summed E-state index contributed by atoms with van der Waals surface area (Å²) in [5, 5.41) is 3.98. The molecule has 0 radical (unpaired) electrons. The summed E-state index contributed by atoms with van der Waals surface area (Å²) in [4.78, 5) is 11.9. The minimum Gasteiger partial charge on any atom is -0.490 e. The topological polar surface area (TPSA) is 70.8 Å². The van der Waals surface area contributed by atoms with Crippen LogP contribution >= 0.6 is 0 Å². The molecule has 1 atom stereocenters. The van der Waals surface area contributed by atoms with E-state index in [0.717, 1.165) is 28.9 Å². The molecule has 0 amide bonds. The lowest BCUT2D eigenvalue weighted by Gasteiger charge is -2.06. The zero-order valence-corrected chi connectivity index (χ0v) is 15.8. The van der Waals surface area contributed by atoms with E-state index in [9.17, 15) is 4.79 Å². The summed E-state index contributed by atoms with van der Waals surface area (Å²) in [6.07, 6.45) is 1.07. The van der Waals surface area contributed by atoms with Crippen LogP contribution in [0.5, 0.6) is 11.5 Å². The molecule has 6 heteroatoms. The van der Waals surface area contributed by atoms with Gasteiger partial charge in [-0.1, -0.05) is 22.9 Å². The average molecular weight is 379 g/mol. The molecule has 2 aromatic carbocycles. The Bertz CT molecular complexity index is 977. The van der Waals surface area contributed by atoms with Gasteiger partial charge in [0.2, 0.25) is 0 Å². The average Bonchev–Trinajstić information content (AvgIpc) is 3.30. The van der Waals surface area contributed by atoms with Crippen molar-refractivity contribution in [1.82, 2.24) is 5.16 Å². The number of ether oxygens (including phenoxy) is 3. The van der Waals surface area contributed by atoms with Crippen molar-refractivity contribution in [2.45, 2.75) is 33.0 Å². The zero-order chi connectivity index (χ0) is 19.5. The summed E-state index contributed by atoms with van der Waals surface area (Å²) in [5.41, 5.74) is 3.75. The van der Waals surface area contributed by atoms with Gasteiger partial charge < -0.3 is 18.7 Å². The van der Waals surface area contributed by atoms with Crippen molar-refractivity contribution in [1.29, 1.82) is 0 Å². The molecular weight excluding hydrogens is 358 g/mol. The fourth-order valence-corrected chi connectivity index (χ4v) is 3.06. The first kappa shape index (κ1) is 18.1. The van der Waals surface area contributed by atoms with Gasteiger partial charge >= 0.3 is 5.97 Å². The second-order valence-corrected chi connectivity index (χ2v) is 6.90. The molecule has 144 valence electrons. The van der Waals surface area contributed by atoms with E-state index in [4.69, 9.17) is 18.7 Å². The summed E-state index contributed by atoms with van der Waals surface area (Å²) in [6.45, 7) is 3.91. The van der Waals surface area contributed by atoms with E-state index in [-0.39, 0.29) is 19.3 Å². The number of fused-ring (bicyclic) bond motifs is 1. The van der Waals surface area contributed by atoms with Crippen LogP contribution in [-0.4, -0.2) is 23.8 Å². The molecule has 0 aliphatic carbocycles. The molecule has 3 aromatic rings. The van der Waals surface area contributed by atoms with Crippen LogP contribution in [0.25, 0.3) is 11.3 Å². The van der Waals surface area contributed by atoms with E-state index in [1.807, 2.05) is 56.3 Å². The van der Waals surface area contributed by atoms with Gasteiger partial charge in [-0.15, -0.1) is 0 Å². The van der Waals surface area contributed by atoms with Gasteiger partial charge in [0.15, 0.2) is 12.4 Å². The third-order valence-corrected chi connectivity index (χ3v) is 4.50. The predicted octanol–water partition coefficient (Wildman–Crippen LogP) is 4.10. The maximum Gasteiger partial charge on any atom is 0.344 e. The lowest BCUT2D eigenvalue weighted by molar-refractivity contribution is -0.147. The number of aryl methyl sites for hydroxylation is 1. The molecule has 0 bridgehead atoms. The second kappa shape index (κ2) is 7.76. The number of nitrogens with zero attached hydrogens (tertiary/aromatic N) is 1. The predicted molar refractivity (Wildman–Crippen MR) is 102 cm³/mol. The number of hydrogen-bond donors (Lipinski definition) is 0. The summed E-state index contributed by atoms with van der Waals surface area (Å²) in [5.74, 6) is 1.71. The highest BCUT2D eigenvalue weighted by atomic mass is 16.6. The van der Waals surface area contributed by atoms with E-state index in [2.05, 4.69) is 5.16 Å². The number of carbonyl (C=O) groups excluding carboxylic acids is 1. The normalized spacial score (nSPS) is 15.0. The van der Waals surface area contributed by atoms with E-state index in [0.29, 0.717) is 17.2 Å². The van der Waals surface area contributed by atoms with Gasteiger partial charge in [0.25, 0.3) is 0 Å². The SMILES string of the molecule is Cc1ccc(OCC(=O)OCc2cc(-c3ccc4c(c3)CC(C)O4)on2)cc1. The number of aromatic nitrogens is 1. The van der Waals surface area contributed by atoms with Crippen molar-refractivity contribution in [3.63, 3.8) is 0 Å². The maximum atomic E-state index is 11.9. The van der Waals surface area contributed by atoms with Gasteiger partial charge in [0, 0.05) is 18.1 Å². The molecule has 6 nitrogen and oxygen atoms in total. The first-order chi connectivity index (χ1) is 13.6. The minimum absolute atomic E-state index is 0.0324. The molecule has 28 heavy (non-hydrogen) atoms. The van der Waals surface area contributed by atoms with Gasteiger partial charge in [0.05, 0.1) is 0 Å². The molecule has 0 spiro atoms. The van der Waals surface area contributed by atoms with Crippen molar-refractivity contribution >= 4 is 5.97 Å². The highest BCUT2D eigenvalue weighted by Crippen LogP contribution is 2.33. The van der Waals surface area contributed by atoms with Crippen LogP contribution in [-0.2, 0) is 22.6 Å². The van der Waals surface area contributed by atoms with Crippen LogP contribution in [0.1, 0.15) is 23.7 Å². The van der Waals surface area contributed by atoms with Crippen molar-refractivity contribution in [2.24, 2.45) is 0 Å². The number of hydrogen-bond acceptors (Lipinski definition) is 6. The standard InChI is InChI=1S/C22H21NO5/c1-14-3-6-19(7-4-14)25-13-22(24)26-12-18-11-21(28-23-18)16-5-8-20-17(10-16)9-15(2)27-20/h3-8,10-11,15H,9,12-13H2,1-2H3. The molecule has 0 N–H and O–H groups in total. The van der Waals surface area contributed by atoms with Gasteiger partial charge in [-0.05, 0) is 49.7 Å². The highest BCUT2D eigenvalue weighted by molar-refractivity contribution is 5.71.